The number of benzene rings is 3. The molecule has 0 aromatic heterocycles. The van der Waals surface area contributed by atoms with Crippen LogP contribution in [0.2, 0.25) is 0 Å². The minimum atomic E-state index is -0.372. The van der Waals surface area contributed by atoms with Gasteiger partial charge in [0, 0.05) is 23.5 Å². The van der Waals surface area contributed by atoms with Crippen LogP contribution < -0.4 is 20.7 Å². The van der Waals surface area contributed by atoms with E-state index in [9.17, 15) is 14.0 Å². The van der Waals surface area contributed by atoms with Gasteiger partial charge in [-0.2, -0.15) is 0 Å². The summed E-state index contributed by atoms with van der Waals surface area (Å²) in [6.07, 6.45) is 0. The van der Waals surface area contributed by atoms with Gasteiger partial charge >= 0.3 is 0 Å². The predicted molar refractivity (Wildman–Crippen MR) is 118 cm³/mol. The number of para-hydroxylation sites is 1. The number of carbonyl (C=O) groups is 2. The second-order valence-electron chi connectivity index (χ2n) is 6.97. The number of hydrogen-bond acceptors (Lipinski definition) is 4. The average molecular weight is 421 g/mol. The second-order valence-corrected chi connectivity index (χ2v) is 6.97. The van der Waals surface area contributed by atoms with E-state index in [1.807, 2.05) is 43.3 Å². The summed E-state index contributed by atoms with van der Waals surface area (Å²) in [5.74, 6) is -0.334. The summed E-state index contributed by atoms with van der Waals surface area (Å²) in [4.78, 5) is 24.2. The Kier molecular flexibility index (Phi) is 7.73. The van der Waals surface area contributed by atoms with E-state index in [2.05, 4.69) is 16.0 Å². The van der Waals surface area contributed by atoms with Gasteiger partial charge in [0.1, 0.15) is 11.6 Å². The Hall–Kier alpha value is -3.71. The van der Waals surface area contributed by atoms with Gasteiger partial charge in [-0.15, -0.1) is 0 Å². The van der Waals surface area contributed by atoms with Gasteiger partial charge in [-0.1, -0.05) is 35.9 Å². The summed E-state index contributed by atoms with van der Waals surface area (Å²) in [5, 5.41) is 8.55. The van der Waals surface area contributed by atoms with Crippen LogP contribution in [0.4, 0.5) is 15.8 Å². The molecule has 0 heterocycles. The molecule has 0 aliphatic carbocycles. The minimum absolute atomic E-state index is 0.132. The van der Waals surface area contributed by atoms with Crippen LogP contribution in [0.25, 0.3) is 0 Å². The molecule has 2 amide bonds. The molecule has 7 heteroatoms. The lowest BCUT2D eigenvalue weighted by atomic mass is 10.2. The van der Waals surface area contributed by atoms with Crippen molar-refractivity contribution in [3.8, 4) is 5.75 Å². The first-order chi connectivity index (χ1) is 15.0. The van der Waals surface area contributed by atoms with Gasteiger partial charge in [0.15, 0.2) is 6.61 Å². The summed E-state index contributed by atoms with van der Waals surface area (Å²) in [5.41, 5.74) is 3.18. The van der Waals surface area contributed by atoms with Crippen molar-refractivity contribution in [1.82, 2.24) is 5.32 Å². The maximum atomic E-state index is 12.9. The summed E-state index contributed by atoms with van der Waals surface area (Å²) in [6, 6.07) is 20.4. The van der Waals surface area contributed by atoms with Gasteiger partial charge in [0.05, 0.1) is 6.54 Å². The zero-order valence-electron chi connectivity index (χ0n) is 17.2. The van der Waals surface area contributed by atoms with Crippen molar-refractivity contribution in [2.75, 3.05) is 23.8 Å². The molecule has 3 aromatic rings. The SMILES string of the molecule is Cc1ccc(NC(=O)CNCc2ccccc2OCC(=O)Nc2ccc(F)cc2)cc1. The molecule has 0 radical (unpaired) electrons. The number of amides is 2. The molecule has 31 heavy (non-hydrogen) atoms. The predicted octanol–water partition coefficient (Wildman–Crippen LogP) is 3.88. The molecule has 0 spiro atoms. The summed E-state index contributed by atoms with van der Waals surface area (Å²) in [7, 11) is 0. The number of rotatable bonds is 9. The lowest BCUT2D eigenvalue weighted by molar-refractivity contribution is -0.118. The quantitative estimate of drug-likeness (QED) is 0.490. The number of aryl methyl sites for hydroxylation is 1. The van der Waals surface area contributed by atoms with E-state index in [1.165, 1.54) is 24.3 Å². The fourth-order valence-corrected chi connectivity index (χ4v) is 2.82. The van der Waals surface area contributed by atoms with E-state index in [4.69, 9.17) is 4.74 Å². The van der Waals surface area contributed by atoms with Crippen molar-refractivity contribution < 1.29 is 18.7 Å². The molecule has 0 saturated carbocycles. The average Bonchev–Trinajstić information content (AvgIpc) is 2.76. The Morgan fingerprint density at radius 3 is 2.16 bits per heavy atom. The highest BCUT2D eigenvalue weighted by molar-refractivity contribution is 5.92. The van der Waals surface area contributed by atoms with Crippen LogP contribution in [-0.2, 0) is 16.1 Å². The molecule has 0 atom stereocenters. The van der Waals surface area contributed by atoms with Crippen LogP contribution in [0.1, 0.15) is 11.1 Å². The van der Waals surface area contributed by atoms with Gasteiger partial charge in [0.2, 0.25) is 5.91 Å². The Morgan fingerprint density at radius 2 is 1.45 bits per heavy atom. The summed E-state index contributed by atoms with van der Waals surface area (Å²) < 4.78 is 18.6. The number of ether oxygens (including phenoxy) is 1. The highest BCUT2D eigenvalue weighted by Crippen LogP contribution is 2.18. The highest BCUT2D eigenvalue weighted by Gasteiger charge is 2.08. The number of carbonyl (C=O) groups excluding carboxylic acids is 2. The first-order valence-electron chi connectivity index (χ1n) is 9.83. The van der Waals surface area contributed by atoms with Crippen LogP contribution in [0.3, 0.4) is 0 Å². The monoisotopic (exact) mass is 421 g/mol. The second kappa shape index (κ2) is 10.9. The Labute approximate surface area is 180 Å². The topological polar surface area (TPSA) is 79.5 Å². The molecule has 0 aliphatic rings. The Morgan fingerprint density at radius 1 is 0.839 bits per heavy atom. The zero-order valence-corrected chi connectivity index (χ0v) is 17.2. The molecular formula is C24H24FN3O3. The minimum Gasteiger partial charge on any atom is -0.483 e. The van der Waals surface area contributed by atoms with E-state index in [-0.39, 0.29) is 30.8 Å². The van der Waals surface area contributed by atoms with Crippen LogP contribution in [0, 0.1) is 12.7 Å². The van der Waals surface area contributed by atoms with Gasteiger partial charge in [-0.05, 0) is 49.4 Å². The normalized spacial score (nSPS) is 10.4. The van der Waals surface area contributed by atoms with Crippen LogP contribution in [0.15, 0.2) is 72.8 Å². The van der Waals surface area contributed by atoms with Crippen LogP contribution in [0.5, 0.6) is 5.75 Å². The third kappa shape index (κ3) is 7.24. The van der Waals surface area contributed by atoms with Crippen LogP contribution >= 0.6 is 0 Å². The van der Waals surface area contributed by atoms with Crippen molar-refractivity contribution in [3.63, 3.8) is 0 Å². The molecule has 0 bridgehead atoms. The summed E-state index contributed by atoms with van der Waals surface area (Å²) >= 11 is 0. The maximum absolute atomic E-state index is 12.9. The fraction of sp³-hybridized carbons (Fsp3) is 0.167. The maximum Gasteiger partial charge on any atom is 0.262 e. The van der Waals surface area contributed by atoms with E-state index in [0.29, 0.717) is 18.0 Å². The van der Waals surface area contributed by atoms with Gasteiger partial charge in [0.25, 0.3) is 5.91 Å². The van der Waals surface area contributed by atoms with E-state index < -0.39 is 0 Å². The number of halogens is 1. The van der Waals surface area contributed by atoms with Crippen molar-refractivity contribution in [2.45, 2.75) is 13.5 Å². The van der Waals surface area contributed by atoms with Gasteiger partial charge in [-0.25, -0.2) is 4.39 Å². The third-order valence-corrected chi connectivity index (χ3v) is 4.40. The van der Waals surface area contributed by atoms with Crippen LogP contribution in [-0.4, -0.2) is 25.0 Å². The smallest absolute Gasteiger partial charge is 0.262 e. The van der Waals surface area contributed by atoms with Crippen molar-refractivity contribution in [2.24, 2.45) is 0 Å². The number of nitrogens with one attached hydrogen (secondary N) is 3. The van der Waals surface area contributed by atoms with Crippen molar-refractivity contribution in [1.29, 1.82) is 0 Å². The Balaban J connectivity index is 1.46. The van der Waals surface area contributed by atoms with Crippen molar-refractivity contribution in [3.05, 3.63) is 89.7 Å². The summed E-state index contributed by atoms with van der Waals surface area (Å²) in [6.45, 7) is 2.33. The molecular weight excluding hydrogens is 397 g/mol. The third-order valence-electron chi connectivity index (χ3n) is 4.40. The van der Waals surface area contributed by atoms with Gasteiger partial charge < -0.3 is 20.7 Å². The molecule has 3 N–H and O–H groups in total. The highest BCUT2D eigenvalue weighted by atomic mass is 19.1. The van der Waals surface area contributed by atoms with Gasteiger partial charge in [-0.3, -0.25) is 9.59 Å². The van der Waals surface area contributed by atoms with E-state index >= 15 is 0 Å². The molecule has 3 rings (SSSR count). The van der Waals surface area contributed by atoms with E-state index in [1.54, 1.807) is 12.1 Å². The molecule has 6 nitrogen and oxygen atoms in total. The lowest BCUT2D eigenvalue weighted by Crippen LogP contribution is -2.28. The molecule has 0 unspecified atom stereocenters. The fourth-order valence-electron chi connectivity index (χ4n) is 2.82. The van der Waals surface area contributed by atoms with Crippen molar-refractivity contribution >= 4 is 23.2 Å². The number of anilines is 2. The largest absolute Gasteiger partial charge is 0.483 e. The zero-order chi connectivity index (χ0) is 22.1. The number of hydrogen-bond donors (Lipinski definition) is 3. The lowest BCUT2D eigenvalue weighted by Gasteiger charge is -2.12. The first-order valence-corrected chi connectivity index (χ1v) is 9.83. The molecule has 0 aliphatic heterocycles. The standard InChI is InChI=1S/C24H24FN3O3/c1-17-6-10-20(11-7-17)27-23(29)15-26-14-18-4-2-3-5-22(18)31-16-24(30)28-21-12-8-19(25)9-13-21/h2-13,26H,14-16H2,1H3,(H,27,29)(H,28,30). The molecule has 0 fully saturated rings. The molecule has 160 valence electrons. The first kappa shape index (κ1) is 22.0. The molecule has 0 saturated heterocycles. The molecule has 3 aromatic carbocycles. The van der Waals surface area contributed by atoms with E-state index in [0.717, 1.165) is 16.8 Å². The Bertz CT molecular complexity index is 1020.